The van der Waals surface area contributed by atoms with Crippen LogP contribution in [0.5, 0.6) is 0 Å². The van der Waals surface area contributed by atoms with E-state index < -0.39 is 5.97 Å². The third-order valence-corrected chi connectivity index (χ3v) is 4.36. The minimum Gasteiger partial charge on any atom is -0.478 e. The normalized spacial score (nSPS) is 23.3. The molecule has 4 nitrogen and oxygen atoms in total. The van der Waals surface area contributed by atoms with Gasteiger partial charge in [0.1, 0.15) is 0 Å². The summed E-state index contributed by atoms with van der Waals surface area (Å²) in [6, 6.07) is 1.80. The van der Waals surface area contributed by atoms with Crippen LogP contribution in [0.4, 0.5) is 0 Å². The summed E-state index contributed by atoms with van der Waals surface area (Å²) in [4.78, 5) is 15.4. The lowest BCUT2D eigenvalue weighted by atomic mass is 9.87. The Bertz CT molecular complexity index is 480. The molecule has 1 aromatic rings. The van der Waals surface area contributed by atoms with Crippen molar-refractivity contribution in [3.63, 3.8) is 0 Å². The van der Waals surface area contributed by atoms with Gasteiger partial charge in [-0.1, -0.05) is 0 Å². The van der Waals surface area contributed by atoms with Crippen LogP contribution in [0.25, 0.3) is 0 Å². The van der Waals surface area contributed by atoms with Gasteiger partial charge >= 0.3 is 5.97 Å². The number of ether oxygens (including phenoxy) is 1. The molecular weight excluding hydrogens is 242 g/mol. The second-order valence-corrected chi connectivity index (χ2v) is 5.60. The molecule has 1 N–H and O–H groups in total. The van der Waals surface area contributed by atoms with Gasteiger partial charge in [-0.15, -0.1) is 0 Å². The van der Waals surface area contributed by atoms with E-state index in [1.165, 1.54) is 12.6 Å². The number of rotatable bonds is 3. The van der Waals surface area contributed by atoms with Gasteiger partial charge in [0.25, 0.3) is 0 Å². The molecule has 0 unspecified atom stereocenters. The third kappa shape index (κ3) is 2.63. The summed E-state index contributed by atoms with van der Waals surface area (Å²) in [5.41, 5.74) is 2.58. The zero-order valence-corrected chi connectivity index (χ0v) is 11.0. The van der Waals surface area contributed by atoms with Crippen molar-refractivity contribution >= 4 is 5.97 Å². The Morgan fingerprint density at radius 3 is 2.89 bits per heavy atom. The van der Waals surface area contributed by atoms with Crippen molar-refractivity contribution in [2.45, 2.75) is 38.0 Å². The van der Waals surface area contributed by atoms with E-state index in [-0.39, 0.29) is 0 Å². The lowest BCUT2D eigenvalue weighted by Gasteiger charge is -2.24. The maximum absolute atomic E-state index is 10.9. The maximum atomic E-state index is 10.9. The number of fused-ring (bicyclic) bond motifs is 1. The summed E-state index contributed by atoms with van der Waals surface area (Å²) in [5, 5.41) is 8.99. The molecule has 0 amide bonds. The summed E-state index contributed by atoms with van der Waals surface area (Å²) in [6.45, 7) is 1.77. The minimum absolute atomic E-state index is 0.311. The van der Waals surface area contributed by atoms with Gasteiger partial charge in [0.2, 0.25) is 0 Å². The fraction of sp³-hybridized carbons (Fsp3) is 0.600. The molecule has 2 aliphatic rings. The van der Waals surface area contributed by atoms with Gasteiger partial charge in [-0.2, -0.15) is 0 Å². The summed E-state index contributed by atoms with van der Waals surface area (Å²) in [5.74, 6) is 0.370. The molecule has 1 aliphatic heterocycles. The molecule has 0 radical (unpaired) electrons. The molecule has 102 valence electrons. The molecule has 0 saturated carbocycles. The van der Waals surface area contributed by atoms with Crippen LogP contribution in [0.1, 0.15) is 53.2 Å². The molecule has 1 saturated heterocycles. The van der Waals surface area contributed by atoms with Crippen molar-refractivity contribution in [2.75, 3.05) is 13.2 Å². The zero-order valence-electron chi connectivity index (χ0n) is 11.0. The number of pyridine rings is 1. The maximum Gasteiger partial charge on any atom is 0.337 e. The van der Waals surface area contributed by atoms with Gasteiger partial charge in [0, 0.05) is 31.0 Å². The predicted octanol–water partition coefficient (Wildman–Crippen LogP) is 2.63. The van der Waals surface area contributed by atoms with Crippen molar-refractivity contribution in [1.29, 1.82) is 0 Å². The first kappa shape index (κ1) is 12.6. The molecule has 0 spiro atoms. The summed E-state index contributed by atoms with van der Waals surface area (Å²) in [6.07, 6.45) is 7.07. The van der Waals surface area contributed by atoms with Crippen LogP contribution < -0.4 is 0 Å². The Morgan fingerprint density at radius 1 is 1.37 bits per heavy atom. The Labute approximate surface area is 112 Å². The number of aryl methyl sites for hydroxylation is 1. The summed E-state index contributed by atoms with van der Waals surface area (Å²) >= 11 is 0. The van der Waals surface area contributed by atoms with Crippen LogP contribution in [0.2, 0.25) is 0 Å². The van der Waals surface area contributed by atoms with Crippen LogP contribution in [0, 0.1) is 5.92 Å². The van der Waals surface area contributed by atoms with Crippen LogP contribution >= 0.6 is 0 Å². The van der Waals surface area contributed by atoms with Crippen molar-refractivity contribution in [2.24, 2.45) is 5.92 Å². The monoisotopic (exact) mass is 261 g/mol. The molecule has 1 fully saturated rings. The lowest BCUT2D eigenvalue weighted by Crippen LogP contribution is -2.17. The fourth-order valence-electron chi connectivity index (χ4n) is 3.29. The van der Waals surface area contributed by atoms with E-state index in [0.717, 1.165) is 56.1 Å². The largest absolute Gasteiger partial charge is 0.478 e. The predicted molar refractivity (Wildman–Crippen MR) is 70.4 cm³/mol. The highest BCUT2D eigenvalue weighted by Gasteiger charge is 2.28. The number of aromatic nitrogens is 1. The molecule has 1 aromatic heterocycles. The van der Waals surface area contributed by atoms with E-state index in [9.17, 15) is 4.79 Å². The van der Waals surface area contributed by atoms with Crippen LogP contribution in [-0.2, 0) is 11.2 Å². The first-order chi connectivity index (χ1) is 9.24. The minimum atomic E-state index is -0.886. The summed E-state index contributed by atoms with van der Waals surface area (Å²) < 4.78 is 5.39. The van der Waals surface area contributed by atoms with Crippen LogP contribution in [0.15, 0.2) is 12.3 Å². The van der Waals surface area contributed by atoms with E-state index >= 15 is 0 Å². The molecule has 0 aromatic carbocycles. The van der Waals surface area contributed by atoms with E-state index in [4.69, 9.17) is 9.84 Å². The van der Waals surface area contributed by atoms with Crippen LogP contribution in [-0.4, -0.2) is 29.3 Å². The van der Waals surface area contributed by atoms with E-state index in [0.29, 0.717) is 11.5 Å². The van der Waals surface area contributed by atoms with Gasteiger partial charge in [0.05, 0.1) is 5.56 Å². The molecule has 0 bridgehead atoms. The quantitative estimate of drug-likeness (QED) is 0.908. The van der Waals surface area contributed by atoms with Crippen LogP contribution in [0.3, 0.4) is 0 Å². The highest BCUT2D eigenvalue weighted by Crippen LogP contribution is 2.38. The molecule has 4 heteroatoms. The second kappa shape index (κ2) is 5.29. The SMILES string of the molecule is O=C(O)c1cnc2c(c1)CC[C@H]2CC1CCOCC1. The van der Waals surface area contributed by atoms with E-state index in [2.05, 4.69) is 4.98 Å². The smallest absolute Gasteiger partial charge is 0.337 e. The average molecular weight is 261 g/mol. The fourth-order valence-corrected chi connectivity index (χ4v) is 3.29. The number of carbonyl (C=O) groups is 1. The number of carboxylic acids is 1. The van der Waals surface area contributed by atoms with E-state index in [1.807, 2.05) is 0 Å². The van der Waals surface area contributed by atoms with Gasteiger partial charge in [-0.3, -0.25) is 4.98 Å². The zero-order chi connectivity index (χ0) is 13.2. The first-order valence-corrected chi connectivity index (χ1v) is 7.04. The Kier molecular flexibility index (Phi) is 3.51. The Hall–Kier alpha value is -1.42. The molecule has 1 aliphatic carbocycles. The van der Waals surface area contributed by atoms with Gasteiger partial charge < -0.3 is 9.84 Å². The molecule has 3 rings (SSSR count). The van der Waals surface area contributed by atoms with Crippen molar-refractivity contribution < 1.29 is 14.6 Å². The molecule has 19 heavy (non-hydrogen) atoms. The number of aromatic carboxylic acids is 1. The van der Waals surface area contributed by atoms with Gasteiger partial charge in [-0.25, -0.2) is 4.79 Å². The Morgan fingerprint density at radius 2 is 2.16 bits per heavy atom. The molecule has 2 heterocycles. The number of carboxylic acid groups (broad SMARTS) is 1. The van der Waals surface area contributed by atoms with Crippen molar-refractivity contribution in [1.82, 2.24) is 4.98 Å². The number of hydrogen-bond donors (Lipinski definition) is 1. The number of nitrogens with zero attached hydrogens (tertiary/aromatic N) is 1. The standard InChI is InChI=1S/C15H19NO3/c17-15(18)13-8-12-2-1-11(14(12)16-9-13)7-10-3-5-19-6-4-10/h8-11H,1-7H2,(H,17,18)/t11-/m0/s1. The summed E-state index contributed by atoms with van der Waals surface area (Å²) in [7, 11) is 0. The third-order valence-electron chi connectivity index (χ3n) is 4.36. The molecular formula is C15H19NO3. The Balaban J connectivity index is 1.72. The van der Waals surface area contributed by atoms with E-state index in [1.54, 1.807) is 6.07 Å². The lowest BCUT2D eigenvalue weighted by molar-refractivity contribution is 0.0615. The van der Waals surface area contributed by atoms with Crippen molar-refractivity contribution in [3.05, 3.63) is 29.1 Å². The van der Waals surface area contributed by atoms with Gasteiger partial charge in [-0.05, 0) is 49.7 Å². The second-order valence-electron chi connectivity index (χ2n) is 5.60. The highest BCUT2D eigenvalue weighted by molar-refractivity contribution is 5.87. The van der Waals surface area contributed by atoms with Gasteiger partial charge in [0.15, 0.2) is 0 Å². The van der Waals surface area contributed by atoms with Crippen molar-refractivity contribution in [3.8, 4) is 0 Å². The average Bonchev–Trinajstić information content (AvgIpc) is 2.82. The first-order valence-electron chi connectivity index (χ1n) is 7.04. The highest BCUT2D eigenvalue weighted by atomic mass is 16.5. The molecule has 1 atom stereocenters. The topological polar surface area (TPSA) is 59.4 Å². The number of hydrogen-bond acceptors (Lipinski definition) is 3.